The molecule has 0 unspecified atom stereocenters. The number of aliphatic hydroxyl groups excluding tert-OH is 1. The predicted molar refractivity (Wildman–Crippen MR) is 137 cm³/mol. The number of hydrogen-bond acceptors (Lipinski definition) is 3. The van der Waals surface area contributed by atoms with Crippen LogP contribution in [0, 0.1) is 0 Å². The van der Waals surface area contributed by atoms with Crippen LogP contribution in [0.1, 0.15) is 36.8 Å². The summed E-state index contributed by atoms with van der Waals surface area (Å²) in [4.78, 5) is 4.98. The lowest BCUT2D eigenvalue weighted by Crippen LogP contribution is -2.24. The minimum Gasteiger partial charge on any atom is -0.490 e. The number of halogens is 2. The maximum Gasteiger partial charge on any atom is 0.211 e. The summed E-state index contributed by atoms with van der Waals surface area (Å²) in [5, 5.41) is 10.4. The van der Waals surface area contributed by atoms with Crippen LogP contribution >= 0.6 is 23.2 Å². The van der Waals surface area contributed by atoms with Gasteiger partial charge in [0.25, 0.3) is 0 Å². The van der Waals surface area contributed by atoms with Crippen LogP contribution in [-0.4, -0.2) is 20.3 Å². The van der Waals surface area contributed by atoms with E-state index in [-0.39, 0.29) is 6.61 Å². The van der Waals surface area contributed by atoms with Crippen LogP contribution in [0.15, 0.2) is 65.7 Å². The maximum absolute atomic E-state index is 9.37. The maximum atomic E-state index is 9.37. The molecule has 5 nitrogen and oxygen atoms in total. The molecule has 0 bridgehead atoms. The molecule has 1 fully saturated rings. The normalized spacial score (nSPS) is 14.9. The Kier molecular flexibility index (Phi) is 6.68. The molecule has 176 valence electrons. The first-order chi connectivity index (χ1) is 16.5. The quantitative estimate of drug-likeness (QED) is 0.337. The molecular formula is C27H27Cl2N3O2. The molecule has 0 atom stereocenters. The summed E-state index contributed by atoms with van der Waals surface area (Å²) < 4.78 is 10.3. The summed E-state index contributed by atoms with van der Waals surface area (Å²) in [5.41, 5.74) is 5.49. The summed E-state index contributed by atoms with van der Waals surface area (Å²) in [6, 6.07) is 19.6. The molecule has 1 aliphatic rings. The van der Waals surface area contributed by atoms with Gasteiger partial charge >= 0.3 is 0 Å². The van der Waals surface area contributed by atoms with Crippen molar-refractivity contribution in [3.05, 3.63) is 87.5 Å². The topological polar surface area (TPSA) is 51.7 Å². The summed E-state index contributed by atoms with van der Waals surface area (Å²) in [6.45, 7) is 0.625. The van der Waals surface area contributed by atoms with Crippen LogP contribution in [-0.2, 0) is 20.2 Å². The lowest BCUT2D eigenvalue weighted by Gasteiger charge is -2.12. The Morgan fingerprint density at radius 1 is 0.912 bits per heavy atom. The highest BCUT2D eigenvalue weighted by Crippen LogP contribution is 2.29. The highest BCUT2D eigenvalue weighted by atomic mass is 35.5. The highest BCUT2D eigenvalue weighted by molar-refractivity contribution is 6.42. The van der Waals surface area contributed by atoms with Crippen LogP contribution in [0.2, 0.25) is 10.0 Å². The minimum absolute atomic E-state index is 0.0246. The number of benzene rings is 3. The minimum atomic E-state index is 0.0246. The molecule has 0 saturated heterocycles. The first-order valence-electron chi connectivity index (χ1n) is 11.6. The van der Waals surface area contributed by atoms with Crippen LogP contribution < -0.4 is 10.4 Å². The molecule has 3 aromatic carbocycles. The number of hydrogen-bond donors (Lipinski definition) is 1. The van der Waals surface area contributed by atoms with E-state index in [9.17, 15) is 5.11 Å². The van der Waals surface area contributed by atoms with E-state index in [2.05, 4.69) is 4.57 Å². The van der Waals surface area contributed by atoms with Gasteiger partial charge in [0, 0.05) is 7.05 Å². The monoisotopic (exact) mass is 495 g/mol. The number of imidazole rings is 1. The fourth-order valence-corrected chi connectivity index (χ4v) is 4.86. The van der Waals surface area contributed by atoms with Gasteiger partial charge in [-0.1, -0.05) is 47.5 Å². The van der Waals surface area contributed by atoms with E-state index in [1.165, 1.54) is 12.8 Å². The van der Waals surface area contributed by atoms with E-state index in [1.54, 1.807) is 0 Å². The van der Waals surface area contributed by atoms with Crippen molar-refractivity contribution in [2.75, 3.05) is 0 Å². The second-order valence-corrected chi connectivity index (χ2v) is 9.62. The van der Waals surface area contributed by atoms with Gasteiger partial charge in [0.2, 0.25) is 5.62 Å². The average Bonchev–Trinajstić information content (AvgIpc) is 3.44. The summed E-state index contributed by atoms with van der Waals surface area (Å²) in [6.07, 6.45) is 5.08. The van der Waals surface area contributed by atoms with Crippen molar-refractivity contribution >= 4 is 39.9 Å². The Labute approximate surface area is 208 Å². The molecule has 1 aliphatic carbocycles. The molecule has 7 heteroatoms. The first-order valence-corrected chi connectivity index (χ1v) is 12.3. The number of fused-ring (bicyclic) bond motifs is 1. The fraction of sp³-hybridized carbons (Fsp3) is 0.296. The van der Waals surface area contributed by atoms with Crippen molar-refractivity contribution in [1.29, 1.82) is 0 Å². The molecule has 0 amide bonds. The number of ether oxygens (including phenoxy) is 1. The molecule has 34 heavy (non-hydrogen) atoms. The summed E-state index contributed by atoms with van der Waals surface area (Å²) >= 11 is 12.7. The summed E-state index contributed by atoms with van der Waals surface area (Å²) in [5.74, 6) is 0.887. The lowest BCUT2D eigenvalue weighted by molar-refractivity contribution is 0.210. The van der Waals surface area contributed by atoms with Gasteiger partial charge in [0.05, 0.1) is 46.0 Å². The van der Waals surface area contributed by atoms with Crippen LogP contribution in [0.5, 0.6) is 5.75 Å². The van der Waals surface area contributed by atoms with Gasteiger partial charge in [-0.05, 0) is 73.2 Å². The van der Waals surface area contributed by atoms with Crippen molar-refractivity contribution in [3.8, 4) is 5.75 Å². The van der Waals surface area contributed by atoms with Gasteiger partial charge in [-0.3, -0.25) is 0 Å². The SMILES string of the molecule is Cn1c(=Nc2ccc(OC3CCCC3)cc2)n(Cc2ccc(CO)cc2)c2cc(Cl)c(Cl)cc21. The highest BCUT2D eigenvalue weighted by Gasteiger charge is 2.16. The lowest BCUT2D eigenvalue weighted by atomic mass is 10.1. The molecule has 0 spiro atoms. The Bertz CT molecular complexity index is 1370. The van der Waals surface area contributed by atoms with Gasteiger partial charge in [0.1, 0.15) is 5.75 Å². The Balaban J connectivity index is 1.56. The van der Waals surface area contributed by atoms with E-state index in [4.69, 9.17) is 32.9 Å². The van der Waals surface area contributed by atoms with Crippen molar-refractivity contribution < 1.29 is 9.84 Å². The standard InChI is InChI=1S/C27H27Cl2N3O2/c1-31-25-14-23(28)24(29)15-26(25)32(16-18-6-8-19(17-33)9-7-18)27(31)30-20-10-12-22(13-11-20)34-21-4-2-3-5-21/h6-15,21,33H,2-5,16-17H2,1H3. The third-order valence-electron chi connectivity index (χ3n) is 6.43. The zero-order chi connectivity index (χ0) is 23.7. The van der Waals surface area contributed by atoms with Crippen LogP contribution in [0.25, 0.3) is 11.0 Å². The molecule has 1 N–H and O–H groups in total. The van der Waals surface area contributed by atoms with E-state index >= 15 is 0 Å². The molecule has 0 radical (unpaired) electrons. The Hall–Kier alpha value is -2.73. The van der Waals surface area contributed by atoms with E-state index in [0.717, 1.165) is 52.1 Å². The third kappa shape index (κ3) is 4.74. The van der Waals surface area contributed by atoms with Gasteiger partial charge in [0.15, 0.2) is 0 Å². The number of rotatable bonds is 6. The molecular weight excluding hydrogens is 469 g/mol. The van der Waals surface area contributed by atoms with Gasteiger partial charge in [-0.15, -0.1) is 0 Å². The number of aliphatic hydroxyl groups is 1. The molecule has 1 saturated carbocycles. The van der Waals surface area contributed by atoms with Crippen molar-refractivity contribution in [3.63, 3.8) is 0 Å². The second-order valence-electron chi connectivity index (χ2n) is 8.80. The first kappa shape index (κ1) is 23.0. The Morgan fingerprint density at radius 2 is 1.53 bits per heavy atom. The number of aryl methyl sites for hydroxylation is 1. The van der Waals surface area contributed by atoms with Crippen LogP contribution in [0.4, 0.5) is 5.69 Å². The second kappa shape index (κ2) is 9.87. The molecule has 0 aliphatic heterocycles. The van der Waals surface area contributed by atoms with E-state index < -0.39 is 0 Å². The van der Waals surface area contributed by atoms with Crippen LogP contribution in [0.3, 0.4) is 0 Å². The van der Waals surface area contributed by atoms with Gasteiger partial charge < -0.3 is 19.0 Å². The van der Waals surface area contributed by atoms with Crippen molar-refractivity contribution in [2.45, 2.75) is 44.9 Å². The third-order valence-corrected chi connectivity index (χ3v) is 7.15. The fourth-order valence-electron chi connectivity index (χ4n) is 4.54. The average molecular weight is 496 g/mol. The molecule has 4 aromatic rings. The largest absolute Gasteiger partial charge is 0.490 e. The molecule has 5 rings (SSSR count). The van der Waals surface area contributed by atoms with E-state index in [1.807, 2.05) is 72.3 Å². The van der Waals surface area contributed by atoms with E-state index in [0.29, 0.717) is 22.7 Å². The van der Waals surface area contributed by atoms with Crippen molar-refractivity contribution in [2.24, 2.45) is 12.0 Å². The number of nitrogens with zero attached hydrogens (tertiary/aromatic N) is 3. The summed E-state index contributed by atoms with van der Waals surface area (Å²) in [7, 11) is 1.98. The zero-order valence-corrected chi connectivity index (χ0v) is 20.6. The van der Waals surface area contributed by atoms with Gasteiger partial charge in [-0.25, -0.2) is 4.99 Å². The smallest absolute Gasteiger partial charge is 0.211 e. The molecule has 1 heterocycles. The van der Waals surface area contributed by atoms with Gasteiger partial charge in [-0.2, -0.15) is 0 Å². The zero-order valence-electron chi connectivity index (χ0n) is 19.0. The predicted octanol–water partition coefficient (Wildman–Crippen LogP) is 6.38. The van der Waals surface area contributed by atoms with Crippen molar-refractivity contribution in [1.82, 2.24) is 9.13 Å². The molecule has 1 aromatic heterocycles. The Morgan fingerprint density at radius 3 is 2.18 bits per heavy atom. The number of aromatic nitrogens is 2.